The number of carbonyl (C=O) groups excluding carboxylic acids is 1. The third-order valence-electron chi connectivity index (χ3n) is 3.30. The molecule has 0 bridgehead atoms. The second-order valence-electron chi connectivity index (χ2n) is 5.39. The minimum Gasteiger partial charge on any atom is -0.426 e. The Bertz CT molecular complexity index is 658. The van der Waals surface area contributed by atoms with E-state index in [4.69, 9.17) is 29.4 Å². The molecule has 0 unspecified atom stereocenters. The summed E-state index contributed by atoms with van der Waals surface area (Å²) < 4.78 is 27.4. The number of aryl methyl sites for hydroxylation is 2. The molecule has 9 nitrogen and oxygen atoms in total. The topological polar surface area (TPSA) is 162 Å². The first-order chi connectivity index (χ1) is 10.9. The second kappa shape index (κ2) is 7.89. The molecule has 0 radical (unpaired) electrons. The molecule has 11 heteroatoms. The fraction of sp³-hybridized carbons (Fsp3) is 0.462. The van der Waals surface area contributed by atoms with Crippen molar-refractivity contribution in [3.63, 3.8) is 0 Å². The largest absolute Gasteiger partial charge is 0.426 e. The van der Waals surface area contributed by atoms with Gasteiger partial charge in [-0.1, -0.05) is 12.1 Å². The summed E-state index contributed by atoms with van der Waals surface area (Å²) in [4.78, 5) is 47.9. The Morgan fingerprint density at radius 2 is 1.54 bits per heavy atom. The van der Waals surface area contributed by atoms with E-state index in [1.807, 2.05) is 0 Å². The lowest BCUT2D eigenvalue weighted by Gasteiger charge is -2.19. The Balaban J connectivity index is 2.84. The van der Waals surface area contributed by atoms with Gasteiger partial charge in [0.1, 0.15) is 5.75 Å². The Morgan fingerprint density at radius 3 is 1.92 bits per heavy atom. The molecule has 0 aromatic heterocycles. The van der Waals surface area contributed by atoms with Crippen molar-refractivity contribution in [1.29, 1.82) is 0 Å². The van der Waals surface area contributed by atoms with Crippen molar-refractivity contribution < 1.29 is 43.3 Å². The molecule has 5 N–H and O–H groups in total. The third kappa shape index (κ3) is 5.79. The minimum atomic E-state index is -5.06. The van der Waals surface area contributed by atoms with E-state index in [0.29, 0.717) is 16.7 Å². The summed E-state index contributed by atoms with van der Waals surface area (Å²) in [6.45, 7) is 3.13. The van der Waals surface area contributed by atoms with Gasteiger partial charge >= 0.3 is 21.2 Å². The maximum atomic E-state index is 11.9. The van der Waals surface area contributed by atoms with Crippen LogP contribution in [0.5, 0.6) is 5.75 Å². The van der Waals surface area contributed by atoms with E-state index in [9.17, 15) is 13.9 Å². The number of aliphatic hydroxyl groups excluding tert-OH is 1. The Hall–Kier alpha value is -1.05. The predicted octanol–water partition coefficient (Wildman–Crippen LogP) is 1.16. The second-order valence-corrected chi connectivity index (χ2v) is 9.40. The van der Waals surface area contributed by atoms with Crippen LogP contribution in [0.4, 0.5) is 0 Å². The molecule has 0 fully saturated rings. The highest BCUT2D eigenvalue weighted by Crippen LogP contribution is 2.61. The molecule has 0 aliphatic rings. The lowest BCUT2D eigenvalue weighted by atomic mass is 10.1. The highest BCUT2D eigenvalue weighted by molar-refractivity contribution is 7.70. The van der Waals surface area contributed by atoms with Crippen molar-refractivity contribution in [1.82, 2.24) is 0 Å². The molecule has 1 aromatic rings. The first-order valence-corrected chi connectivity index (χ1v) is 10.2. The number of aliphatic hydroxyl groups is 1. The van der Waals surface area contributed by atoms with Crippen LogP contribution in [0.15, 0.2) is 12.1 Å². The monoisotopic (exact) mass is 382 g/mol. The molecule has 0 aliphatic carbocycles. The van der Waals surface area contributed by atoms with Crippen molar-refractivity contribution in [2.75, 3.05) is 0 Å². The molecule has 1 aromatic carbocycles. The molecule has 0 spiro atoms. The number of esters is 1. The SMILES string of the molecule is Cc1cc(CO)cc(C)c1OC(=O)CCC(P(=O)(O)O)P(=O)(O)O. The van der Waals surface area contributed by atoms with Gasteiger partial charge in [-0.2, -0.15) is 0 Å². The highest BCUT2D eigenvalue weighted by Gasteiger charge is 2.43. The molecule has 136 valence electrons. The zero-order valence-electron chi connectivity index (χ0n) is 13.1. The average Bonchev–Trinajstić information content (AvgIpc) is 2.39. The first kappa shape index (κ1) is 21.0. The molecule has 0 saturated carbocycles. The van der Waals surface area contributed by atoms with Crippen LogP contribution in [-0.4, -0.2) is 36.0 Å². The van der Waals surface area contributed by atoms with E-state index < -0.39 is 39.4 Å². The zero-order valence-corrected chi connectivity index (χ0v) is 14.9. The van der Waals surface area contributed by atoms with Gasteiger partial charge in [-0.3, -0.25) is 13.9 Å². The summed E-state index contributed by atoms with van der Waals surface area (Å²) in [5.41, 5.74) is 1.79. The molecule has 0 amide bonds. The van der Waals surface area contributed by atoms with Crippen LogP contribution in [0.25, 0.3) is 0 Å². The van der Waals surface area contributed by atoms with Gasteiger partial charge in [0.05, 0.1) is 6.61 Å². The van der Waals surface area contributed by atoms with Crippen molar-refractivity contribution in [2.45, 2.75) is 38.7 Å². The molecular formula is C13H20O9P2. The van der Waals surface area contributed by atoms with Gasteiger partial charge in [0.25, 0.3) is 0 Å². The first-order valence-electron chi connectivity index (χ1n) is 6.88. The van der Waals surface area contributed by atoms with E-state index >= 15 is 0 Å². The quantitative estimate of drug-likeness (QED) is 0.265. The third-order valence-corrected chi connectivity index (χ3v) is 7.18. The summed E-state index contributed by atoms with van der Waals surface area (Å²) in [6.07, 6.45) is -1.28. The smallest absolute Gasteiger partial charge is 0.340 e. The maximum Gasteiger partial charge on any atom is 0.340 e. The van der Waals surface area contributed by atoms with Crippen LogP contribution >= 0.6 is 15.2 Å². The lowest BCUT2D eigenvalue weighted by molar-refractivity contribution is -0.134. The number of hydrogen-bond donors (Lipinski definition) is 5. The number of hydrogen-bond acceptors (Lipinski definition) is 5. The van der Waals surface area contributed by atoms with Gasteiger partial charge in [-0.05, 0) is 37.0 Å². The Labute approximate surface area is 138 Å². The maximum absolute atomic E-state index is 11.9. The molecule has 0 saturated heterocycles. The molecular weight excluding hydrogens is 362 g/mol. The van der Waals surface area contributed by atoms with Gasteiger partial charge in [0.2, 0.25) is 0 Å². The standard InChI is InChI=1S/C13H20O9P2/c1-8-5-10(7-14)6-9(2)13(8)22-11(15)3-4-12(23(16,17)18)24(19,20)21/h5-6,12,14H,3-4,7H2,1-2H3,(H2,16,17,18)(H2,19,20,21). The van der Waals surface area contributed by atoms with Gasteiger partial charge < -0.3 is 29.4 Å². The normalized spacial score (nSPS) is 12.5. The molecule has 24 heavy (non-hydrogen) atoms. The molecule has 0 heterocycles. The molecule has 0 atom stereocenters. The summed E-state index contributed by atoms with van der Waals surface area (Å²) in [5.74, 6) is -0.633. The van der Waals surface area contributed by atoms with Crippen molar-refractivity contribution in [3.05, 3.63) is 28.8 Å². The van der Waals surface area contributed by atoms with Crippen LogP contribution in [0.2, 0.25) is 0 Å². The van der Waals surface area contributed by atoms with Gasteiger partial charge in [0, 0.05) is 6.42 Å². The average molecular weight is 382 g/mol. The minimum absolute atomic E-state index is 0.178. The van der Waals surface area contributed by atoms with Crippen LogP contribution in [-0.2, 0) is 20.5 Å². The van der Waals surface area contributed by atoms with E-state index in [2.05, 4.69) is 0 Å². The van der Waals surface area contributed by atoms with E-state index in [1.54, 1.807) is 26.0 Å². The fourth-order valence-corrected chi connectivity index (χ4v) is 4.73. The van der Waals surface area contributed by atoms with Gasteiger partial charge in [-0.25, -0.2) is 0 Å². The number of ether oxygens (including phenoxy) is 1. The zero-order chi connectivity index (χ0) is 18.7. The predicted molar refractivity (Wildman–Crippen MR) is 84.6 cm³/mol. The molecule has 1 rings (SSSR count). The summed E-state index contributed by atoms with van der Waals surface area (Å²) in [6, 6.07) is 3.23. The van der Waals surface area contributed by atoms with Crippen LogP contribution in [0, 0.1) is 13.8 Å². The number of carbonyl (C=O) groups is 1. The highest BCUT2D eigenvalue weighted by atomic mass is 31.2. The molecule has 0 aliphatic heterocycles. The van der Waals surface area contributed by atoms with Gasteiger partial charge in [-0.15, -0.1) is 0 Å². The van der Waals surface area contributed by atoms with Crippen molar-refractivity contribution in [3.8, 4) is 5.75 Å². The Kier molecular flexibility index (Phi) is 6.90. The lowest BCUT2D eigenvalue weighted by Crippen LogP contribution is -2.15. The fourth-order valence-electron chi connectivity index (χ4n) is 2.24. The van der Waals surface area contributed by atoms with Crippen LogP contribution in [0.3, 0.4) is 0 Å². The Morgan fingerprint density at radius 1 is 1.08 bits per heavy atom. The van der Waals surface area contributed by atoms with E-state index in [0.717, 1.165) is 0 Å². The number of benzene rings is 1. The van der Waals surface area contributed by atoms with Crippen LogP contribution < -0.4 is 4.74 Å². The van der Waals surface area contributed by atoms with Gasteiger partial charge in [0.15, 0.2) is 5.40 Å². The van der Waals surface area contributed by atoms with Crippen LogP contribution in [0.1, 0.15) is 29.5 Å². The summed E-state index contributed by atoms with van der Waals surface area (Å²) in [7, 11) is -10.1. The summed E-state index contributed by atoms with van der Waals surface area (Å²) in [5, 5.41) is 6.86. The van der Waals surface area contributed by atoms with Crippen molar-refractivity contribution >= 4 is 21.2 Å². The van der Waals surface area contributed by atoms with Crippen molar-refractivity contribution in [2.24, 2.45) is 0 Å². The van der Waals surface area contributed by atoms with E-state index in [1.165, 1.54) is 0 Å². The van der Waals surface area contributed by atoms with E-state index in [-0.39, 0.29) is 12.4 Å². The number of rotatable bonds is 7. The summed E-state index contributed by atoms with van der Waals surface area (Å²) >= 11 is 0.